The fraction of sp³-hybridized carbons (Fsp3) is 0.500. The fourth-order valence-corrected chi connectivity index (χ4v) is 2.93. The molecule has 0 unspecified atom stereocenters. The van der Waals surface area contributed by atoms with Crippen molar-refractivity contribution in [3.8, 4) is 0 Å². The average molecular weight is 264 g/mol. The Kier molecular flexibility index (Phi) is 4.19. The standard InChI is InChI=1S/C14H20N2OS/c1-10(9-17-3)15-14(18)16-11(2)8-12-6-4-5-7-13(12)16/h4-7,10-11H,8-9H2,1-3H3,(H,15,18)/t10-,11+/m0/s1. The molecule has 0 amide bonds. The Hall–Kier alpha value is -1.13. The molecule has 1 aliphatic rings. The van der Waals surface area contributed by atoms with Crippen LogP contribution in [0.25, 0.3) is 0 Å². The summed E-state index contributed by atoms with van der Waals surface area (Å²) >= 11 is 5.52. The summed E-state index contributed by atoms with van der Waals surface area (Å²) < 4.78 is 5.12. The quantitative estimate of drug-likeness (QED) is 0.847. The van der Waals surface area contributed by atoms with Crippen LogP contribution in [0.1, 0.15) is 19.4 Å². The van der Waals surface area contributed by atoms with Crippen molar-refractivity contribution in [3.63, 3.8) is 0 Å². The first-order chi connectivity index (χ1) is 8.63. The van der Waals surface area contributed by atoms with Crippen LogP contribution in [0, 0.1) is 0 Å². The van der Waals surface area contributed by atoms with Crippen LogP contribution >= 0.6 is 12.2 Å². The fourth-order valence-electron chi connectivity index (χ4n) is 2.45. The molecule has 1 aromatic rings. The van der Waals surface area contributed by atoms with E-state index in [4.69, 9.17) is 17.0 Å². The third kappa shape index (κ3) is 2.65. The number of nitrogens with one attached hydrogen (secondary N) is 1. The molecule has 1 aliphatic heterocycles. The van der Waals surface area contributed by atoms with Gasteiger partial charge in [0, 0.05) is 24.9 Å². The van der Waals surface area contributed by atoms with Crippen molar-refractivity contribution in [2.75, 3.05) is 18.6 Å². The summed E-state index contributed by atoms with van der Waals surface area (Å²) in [7, 11) is 1.70. The maximum absolute atomic E-state index is 5.52. The van der Waals surface area contributed by atoms with Crippen LogP contribution in [0.3, 0.4) is 0 Å². The van der Waals surface area contributed by atoms with Gasteiger partial charge in [0.05, 0.1) is 6.61 Å². The van der Waals surface area contributed by atoms with Crippen LogP contribution in [-0.4, -0.2) is 30.9 Å². The molecular formula is C14H20N2OS. The number of hydrogen-bond donors (Lipinski definition) is 1. The van der Waals surface area contributed by atoms with Crippen LogP contribution in [0.15, 0.2) is 24.3 Å². The summed E-state index contributed by atoms with van der Waals surface area (Å²) in [6.07, 6.45) is 1.05. The third-order valence-corrected chi connectivity index (χ3v) is 3.53. The molecule has 2 rings (SSSR count). The molecule has 4 heteroatoms. The number of anilines is 1. The highest BCUT2D eigenvalue weighted by molar-refractivity contribution is 7.80. The van der Waals surface area contributed by atoms with Gasteiger partial charge in [-0.05, 0) is 44.1 Å². The largest absolute Gasteiger partial charge is 0.383 e. The predicted octanol–water partition coefficient (Wildman–Crippen LogP) is 2.35. The highest BCUT2D eigenvalue weighted by Crippen LogP contribution is 2.31. The molecule has 2 atom stereocenters. The maximum Gasteiger partial charge on any atom is 0.174 e. The number of methoxy groups -OCH3 is 1. The molecule has 0 aliphatic carbocycles. The minimum atomic E-state index is 0.225. The van der Waals surface area contributed by atoms with Crippen molar-refractivity contribution in [2.24, 2.45) is 0 Å². The molecule has 1 heterocycles. The minimum Gasteiger partial charge on any atom is -0.383 e. The average Bonchev–Trinajstić information content (AvgIpc) is 2.64. The lowest BCUT2D eigenvalue weighted by Gasteiger charge is -2.28. The first kappa shape index (κ1) is 13.3. The lowest BCUT2D eigenvalue weighted by molar-refractivity contribution is 0.179. The Labute approximate surface area is 114 Å². The number of nitrogens with zero attached hydrogens (tertiary/aromatic N) is 1. The summed E-state index contributed by atoms with van der Waals surface area (Å²) in [5.41, 5.74) is 2.60. The molecule has 0 fully saturated rings. The summed E-state index contributed by atoms with van der Waals surface area (Å²) in [5, 5.41) is 4.12. The van der Waals surface area contributed by atoms with E-state index in [2.05, 4.69) is 48.3 Å². The van der Waals surface area contributed by atoms with Crippen molar-refractivity contribution < 1.29 is 4.74 Å². The van der Waals surface area contributed by atoms with E-state index in [0.29, 0.717) is 12.6 Å². The normalized spacial score (nSPS) is 19.5. The van der Waals surface area contributed by atoms with Gasteiger partial charge in [-0.2, -0.15) is 0 Å². The number of rotatable bonds is 3. The van der Waals surface area contributed by atoms with E-state index in [1.165, 1.54) is 11.3 Å². The molecule has 0 bridgehead atoms. The number of para-hydroxylation sites is 1. The first-order valence-corrected chi connectivity index (χ1v) is 6.71. The van der Waals surface area contributed by atoms with E-state index in [-0.39, 0.29) is 6.04 Å². The Bertz CT molecular complexity index is 436. The smallest absolute Gasteiger partial charge is 0.174 e. The second-order valence-corrected chi connectivity index (χ2v) is 5.24. The van der Waals surface area contributed by atoms with Crippen LogP contribution < -0.4 is 10.2 Å². The third-order valence-electron chi connectivity index (χ3n) is 3.21. The monoisotopic (exact) mass is 264 g/mol. The van der Waals surface area contributed by atoms with Crippen LogP contribution in [0.4, 0.5) is 5.69 Å². The summed E-state index contributed by atoms with van der Waals surface area (Å²) in [4.78, 5) is 2.21. The number of benzene rings is 1. The Balaban J connectivity index is 2.11. The minimum absolute atomic E-state index is 0.225. The van der Waals surface area contributed by atoms with Crippen molar-refractivity contribution in [1.29, 1.82) is 0 Å². The Morgan fingerprint density at radius 3 is 3.00 bits per heavy atom. The lowest BCUT2D eigenvalue weighted by Crippen LogP contribution is -2.47. The summed E-state index contributed by atoms with van der Waals surface area (Å²) in [6.45, 7) is 4.93. The zero-order chi connectivity index (χ0) is 13.1. The molecule has 98 valence electrons. The molecule has 18 heavy (non-hydrogen) atoms. The van der Waals surface area contributed by atoms with Gasteiger partial charge < -0.3 is 15.0 Å². The molecule has 0 saturated heterocycles. The van der Waals surface area contributed by atoms with E-state index in [1.807, 2.05) is 0 Å². The van der Waals surface area contributed by atoms with E-state index in [1.54, 1.807) is 7.11 Å². The van der Waals surface area contributed by atoms with Crippen molar-refractivity contribution >= 4 is 23.0 Å². The van der Waals surface area contributed by atoms with Gasteiger partial charge in [0.2, 0.25) is 0 Å². The molecule has 1 N–H and O–H groups in total. The molecule has 0 radical (unpaired) electrons. The number of fused-ring (bicyclic) bond motifs is 1. The number of thiocarbonyl (C=S) groups is 1. The Morgan fingerprint density at radius 1 is 1.56 bits per heavy atom. The van der Waals surface area contributed by atoms with Gasteiger partial charge in [-0.3, -0.25) is 0 Å². The topological polar surface area (TPSA) is 24.5 Å². The molecule has 1 aromatic carbocycles. The zero-order valence-electron chi connectivity index (χ0n) is 11.1. The molecular weight excluding hydrogens is 244 g/mol. The zero-order valence-corrected chi connectivity index (χ0v) is 12.0. The molecule has 0 aromatic heterocycles. The van der Waals surface area contributed by atoms with E-state index in [0.717, 1.165) is 11.5 Å². The second kappa shape index (κ2) is 5.67. The Morgan fingerprint density at radius 2 is 2.28 bits per heavy atom. The highest BCUT2D eigenvalue weighted by atomic mass is 32.1. The van der Waals surface area contributed by atoms with Gasteiger partial charge in [-0.25, -0.2) is 0 Å². The van der Waals surface area contributed by atoms with Gasteiger partial charge in [0.25, 0.3) is 0 Å². The second-order valence-electron chi connectivity index (χ2n) is 4.86. The lowest BCUT2D eigenvalue weighted by atomic mass is 10.1. The van der Waals surface area contributed by atoms with Gasteiger partial charge in [-0.15, -0.1) is 0 Å². The van der Waals surface area contributed by atoms with Crippen molar-refractivity contribution in [1.82, 2.24) is 5.32 Å². The van der Waals surface area contributed by atoms with Crippen molar-refractivity contribution in [2.45, 2.75) is 32.4 Å². The molecule has 0 saturated carbocycles. The SMILES string of the molecule is COC[C@H](C)NC(=S)N1c2ccccc2C[C@H]1C. The van der Waals surface area contributed by atoms with Crippen LogP contribution in [0.5, 0.6) is 0 Å². The summed E-state index contributed by atoms with van der Waals surface area (Å²) in [6, 6.07) is 9.09. The van der Waals surface area contributed by atoms with E-state index in [9.17, 15) is 0 Å². The summed E-state index contributed by atoms with van der Waals surface area (Å²) in [5.74, 6) is 0. The number of hydrogen-bond acceptors (Lipinski definition) is 2. The maximum atomic E-state index is 5.52. The van der Waals surface area contributed by atoms with Crippen molar-refractivity contribution in [3.05, 3.63) is 29.8 Å². The number of ether oxygens (including phenoxy) is 1. The van der Waals surface area contributed by atoms with Crippen LogP contribution in [-0.2, 0) is 11.2 Å². The van der Waals surface area contributed by atoms with Gasteiger partial charge in [0.1, 0.15) is 0 Å². The molecule has 3 nitrogen and oxygen atoms in total. The first-order valence-electron chi connectivity index (χ1n) is 6.30. The van der Waals surface area contributed by atoms with Gasteiger partial charge >= 0.3 is 0 Å². The molecule has 0 spiro atoms. The van der Waals surface area contributed by atoms with E-state index < -0.39 is 0 Å². The van der Waals surface area contributed by atoms with E-state index >= 15 is 0 Å². The van der Waals surface area contributed by atoms with Gasteiger partial charge in [-0.1, -0.05) is 18.2 Å². The van der Waals surface area contributed by atoms with Gasteiger partial charge in [0.15, 0.2) is 5.11 Å². The highest BCUT2D eigenvalue weighted by Gasteiger charge is 2.28. The predicted molar refractivity (Wildman–Crippen MR) is 79.2 cm³/mol. The van der Waals surface area contributed by atoms with Crippen LogP contribution in [0.2, 0.25) is 0 Å².